The fourth-order valence-corrected chi connectivity index (χ4v) is 2.58. The molecule has 0 spiro atoms. The average molecular weight is 305 g/mol. The molecule has 3 heterocycles. The van der Waals surface area contributed by atoms with E-state index in [2.05, 4.69) is 15.9 Å². The quantitative estimate of drug-likeness (QED) is 0.408. The van der Waals surface area contributed by atoms with Crippen LogP contribution in [0.3, 0.4) is 0 Å². The molecule has 0 aromatic carbocycles. The molecule has 2 aromatic heterocycles. The SMILES string of the molecule is C#C[C@]1(CO)O[C@@H](n2ccc3c(N)nc(N)nc32)[C@@H](O)C1O. The van der Waals surface area contributed by atoms with Crippen LogP contribution in [0.2, 0.25) is 0 Å². The third kappa shape index (κ3) is 1.83. The van der Waals surface area contributed by atoms with Gasteiger partial charge in [0, 0.05) is 6.20 Å². The first-order valence-electron chi connectivity index (χ1n) is 6.45. The number of hydrogen-bond donors (Lipinski definition) is 5. The molecule has 1 saturated heterocycles. The van der Waals surface area contributed by atoms with E-state index in [-0.39, 0.29) is 11.8 Å². The first-order chi connectivity index (χ1) is 10.4. The van der Waals surface area contributed by atoms with E-state index in [0.717, 1.165) is 0 Å². The predicted molar refractivity (Wildman–Crippen MR) is 77.1 cm³/mol. The highest BCUT2D eigenvalue weighted by Gasteiger charge is 2.54. The summed E-state index contributed by atoms with van der Waals surface area (Å²) in [7, 11) is 0. The van der Waals surface area contributed by atoms with E-state index < -0.39 is 30.6 Å². The Morgan fingerprint density at radius 2 is 2.14 bits per heavy atom. The van der Waals surface area contributed by atoms with Crippen molar-refractivity contribution in [1.29, 1.82) is 0 Å². The molecule has 9 nitrogen and oxygen atoms in total. The fourth-order valence-electron chi connectivity index (χ4n) is 2.58. The Balaban J connectivity index is 2.11. The van der Waals surface area contributed by atoms with Gasteiger partial charge in [-0.1, -0.05) is 5.92 Å². The predicted octanol–water partition coefficient (Wildman–Crippen LogP) is -1.79. The molecular formula is C13H15N5O4. The van der Waals surface area contributed by atoms with E-state index in [1.807, 2.05) is 0 Å². The molecule has 116 valence electrons. The number of aromatic nitrogens is 3. The smallest absolute Gasteiger partial charge is 0.223 e. The Morgan fingerprint density at radius 3 is 2.73 bits per heavy atom. The number of hydrogen-bond acceptors (Lipinski definition) is 8. The van der Waals surface area contributed by atoms with Gasteiger partial charge in [-0.15, -0.1) is 6.42 Å². The Hall–Kier alpha value is -2.38. The number of aliphatic hydroxyl groups excluding tert-OH is 3. The van der Waals surface area contributed by atoms with Crippen molar-refractivity contribution in [2.24, 2.45) is 0 Å². The van der Waals surface area contributed by atoms with E-state index in [1.165, 1.54) is 4.57 Å². The van der Waals surface area contributed by atoms with Crippen LogP contribution >= 0.6 is 0 Å². The van der Waals surface area contributed by atoms with Crippen LogP contribution in [0.15, 0.2) is 12.3 Å². The molecule has 1 fully saturated rings. The molecule has 1 aliphatic rings. The lowest BCUT2D eigenvalue weighted by molar-refractivity contribution is -0.0909. The molecule has 7 N–H and O–H groups in total. The first kappa shape index (κ1) is 14.6. The topological polar surface area (TPSA) is 153 Å². The maximum atomic E-state index is 10.2. The summed E-state index contributed by atoms with van der Waals surface area (Å²) in [5.74, 6) is 2.33. The zero-order valence-electron chi connectivity index (χ0n) is 11.4. The van der Waals surface area contributed by atoms with Crippen molar-refractivity contribution >= 4 is 22.8 Å². The monoisotopic (exact) mass is 305 g/mol. The third-order valence-corrected chi connectivity index (χ3v) is 3.80. The zero-order valence-corrected chi connectivity index (χ0v) is 11.4. The van der Waals surface area contributed by atoms with Crippen molar-refractivity contribution in [3.8, 4) is 12.3 Å². The van der Waals surface area contributed by atoms with Crippen molar-refractivity contribution in [3.63, 3.8) is 0 Å². The minimum absolute atomic E-state index is 0.0386. The van der Waals surface area contributed by atoms with Gasteiger partial charge in [0.15, 0.2) is 11.8 Å². The highest BCUT2D eigenvalue weighted by atomic mass is 16.6. The normalized spacial score (nSPS) is 31.5. The molecule has 0 saturated carbocycles. The van der Waals surface area contributed by atoms with Crippen LogP contribution in [0.5, 0.6) is 0 Å². The maximum Gasteiger partial charge on any atom is 0.223 e. The Labute approximate surface area is 125 Å². The van der Waals surface area contributed by atoms with Gasteiger partial charge in [0.1, 0.15) is 23.7 Å². The number of fused-ring (bicyclic) bond motifs is 1. The van der Waals surface area contributed by atoms with E-state index >= 15 is 0 Å². The lowest BCUT2D eigenvalue weighted by atomic mass is 9.97. The highest BCUT2D eigenvalue weighted by Crippen LogP contribution is 2.38. The van der Waals surface area contributed by atoms with Gasteiger partial charge in [-0.3, -0.25) is 0 Å². The molecule has 2 aromatic rings. The lowest BCUT2D eigenvalue weighted by Crippen LogP contribution is -2.44. The van der Waals surface area contributed by atoms with Gasteiger partial charge in [0.2, 0.25) is 5.95 Å². The summed E-state index contributed by atoms with van der Waals surface area (Å²) in [4.78, 5) is 7.91. The molecule has 4 atom stereocenters. The summed E-state index contributed by atoms with van der Waals surface area (Å²) >= 11 is 0. The Bertz CT molecular complexity index is 770. The minimum atomic E-state index is -1.69. The molecule has 9 heteroatoms. The number of rotatable bonds is 2. The van der Waals surface area contributed by atoms with Crippen LogP contribution < -0.4 is 11.5 Å². The fraction of sp³-hybridized carbons (Fsp3) is 0.385. The molecule has 3 rings (SSSR count). The number of aliphatic hydroxyl groups is 3. The second-order valence-corrected chi connectivity index (χ2v) is 5.06. The van der Waals surface area contributed by atoms with Crippen LogP contribution in [0, 0.1) is 12.3 Å². The van der Waals surface area contributed by atoms with Crippen LogP contribution in [-0.2, 0) is 4.74 Å². The van der Waals surface area contributed by atoms with Gasteiger partial charge >= 0.3 is 0 Å². The molecule has 0 amide bonds. The van der Waals surface area contributed by atoms with Crippen molar-refractivity contribution in [3.05, 3.63) is 12.3 Å². The zero-order chi connectivity index (χ0) is 16.1. The van der Waals surface area contributed by atoms with Gasteiger partial charge in [0.05, 0.1) is 12.0 Å². The molecule has 1 unspecified atom stereocenters. The standard InChI is InChI=1S/C13H15N5O4/c1-2-13(5-19)8(21)7(20)11(22-13)18-4-3-6-9(14)16-12(15)17-10(6)18/h1,3-4,7-8,11,19-21H,5H2,(H4,14,15,16,17)/t7-,8?,11+,13+/m0/s1. The summed E-state index contributed by atoms with van der Waals surface area (Å²) in [6.45, 7) is -0.642. The van der Waals surface area contributed by atoms with Crippen LogP contribution in [0.25, 0.3) is 11.0 Å². The van der Waals surface area contributed by atoms with Crippen molar-refractivity contribution in [2.45, 2.75) is 24.0 Å². The van der Waals surface area contributed by atoms with Gasteiger partial charge in [-0.25, -0.2) is 0 Å². The summed E-state index contributed by atoms with van der Waals surface area (Å²) in [5.41, 5.74) is 9.98. The molecule has 1 aliphatic heterocycles. The summed E-state index contributed by atoms with van der Waals surface area (Å²) in [5, 5.41) is 30.2. The number of nitrogens with zero attached hydrogens (tertiary/aromatic N) is 3. The first-order valence-corrected chi connectivity index (χ1v) is 6.45. The van der Waals surface area contributed by atoms with Crippen LogP contribution in [0.4, 0.5) is 11.8 Å². The van der Waals surface area contributed by atoms with Gasteiger partial charge in [-0.05, 0) is 6.07 Å². The summed E-state index contributed by atoms with van der Waals surface area (Å²) < 4.78 is 6.98. The van der Waals surface area contributed by atoms with Gasteiger partial charge in [-0.2, -0.15) is 9.97 Å². The van der Waals surface area contributed by atoms with E-state index in [0.29, 0.717) is 11.0 Å². The van der Waals surface area contributed by atoms with Crippen molar-refractivity contribution in [1.82, 2.24) is 14.5 Å². The maximum absolute atomic E-state index is 10.2. The summed E-state index contributed by atoms with van der Waals surface area (Å²) in [6.07, 6.45) is 3.01. The van der Waals surface area contributed by atoms with E-state index in [9.17, 15) is 15.3 Å². The molecular weight excluding hydrogens is 290 g/mol. The second kappa shape index (κ2) is 4.82. The third-order valence-electron chi connectivity index (χ3n) is 3.80. The number of terminal acetylenes is 1. The van der Waals surface area contributed by atoms with Gasteiger partial charge in [0.25, 0.3) is 0 Å². The van der Waals surface area contributed by atoms with Crippen LogP contribution in [-0.4, -0.2) is 54.3 Å². The van der Waals surface area contributed by atoms with E-state index in [4.69, 9.17) is 22.6 Å². The van der Waals surface area contributed by atoms with E-state index in [1.54, 1.807) is 12.3 Å². The number of nitrogen functional groups attached to an aromatic ring is 2. The molecule has 0 radical (unpaired) electrons. The van der Waals surface area contributed by atoms with Crippen LogP contribution in [0.1, 0.15) is 6.23 Å². The van der Waals surface area contributed by atoms with Gasteiger partial charge < -0.3 is 36.1 Å². The highest BCUT2D eigenvalue weighted by molar-refractivity contribution is 5.87. The minimum Gasteiger partial charge on any atom is -0.392 e. The summed E-state index contributed by atoms with van der Waals surface area (Å²) in [6, 6.07) is 1.63. The Kier molecular flexibility index (Phi) is 3.19. The average Bonchev–Trinajstić information content (AvgIpc) is 3.01. The number of nitrogens with two attached hydrogens (primary N) is 2. The molecule has 22 heavy (non-hydrogen) atoms. The lowest BCUT2D eigenvalue weighted by Gasteiger charge is -2.23. The number of anilines is 2. The Morgan fingerprint density at radius 1 is 1.41 bits per heavy atom. The second-order valence-electron chi connectivity index (χ2n) is 5.06. The van der Waals surface area contributed by atoms with Crippen molar-refractivity contribution in [2.75, 3.05) is 18.1 Å². The molecule has 0 bridgehead atoms. The number of ether oxygens (including phenoxy) is 1. The largest absolute Gasteiger partial charge is 0.392 e. The van der Waals surface area contributed by atoms with Crippen molar-refractivity contribution < 1.29 is 20.1 Å². The molecule has 0 aliphatic carbocycles.